The molecule has 0 atom stereocenters. The van der Waals surface area contributed by atoms with Crippen molar-refractivity contribution in [2.45, 2.75) is 51.6 Å². The monoisotopic (exact) mass is 286 g/mol. The van der Waals surface area contributed by atoms with Crippen LogP contribution < -0.4 is 5.32 Å². The van der Waals surface area contributed by atoms with Crippen molar-refractivity contribution in [2.24, 2.45) is 5.41 Å². The molecule has 0 unspecified atom stereocenters. The predicted octanol–water partition coefficient (Wildman–Crippen LogP) is 2.96. The molecule has 3 nitrogen and oxygen atoms in total. The summed E-state index contributed by atoms with van der Waals surface area (Å²) in [7, 11) is 0. The number of hydrogen-bond acceptors (Lipinski definition) is 2. The molecule has 2 aliphatic rings. The SMILES string of the molecule is CCC1(C(=O)N(Cc2ccccc2)C2CC2)CCNCC1. The maximum Gasteiger partial charge on any atom is 0.229 e. The van der Waals surface area contributed by atoms with Crippen molar-refractivity contribution in [2.75, 3.05) is 13.1 Å². The zero-order chi connectivity index (χ0) is 14.7. The topological polar surface area (TPSA) is 32.3 Å². The number of carbonyl (C=O) groups is 1. The van der Waals surface area contributed by atoms with Crippen LogP contribution >= 0.6 is 0 Å². The lowest BCUT2D eigenvalue weighted by Crippen LogP contribution is -2.49. The van der Waals surface area contributed by atoms with E-state index in [0.29, 0.717) is 11.9 Å². The highest BCUT2D eigenvalue weighted by Gasteiger charge is 2.44. The Kier molecular flexibility index (Phi) is 4.29. The van der Waals surface area contributed by atoms with Crippen molar-refractivity contribution >= 4 is 5.91 Å². The molecule has 114 valence electrons. The second kappa shape index (κ2) is 6.18. The van der Waals surface area contributed by atoms with Crippen molar-refractivity contribution in [3.63, 3.8) is 0 Å². The van der Waals surface area contributed by atoms with E-state index in [9.17, 15) is 4.79 Å². The Morgan fingerprint density at radius 1 is 1.24 bits per heavy atom. The first-order valence-electron chi connectivity index (χ1n) is 8.31. The smallest absolute Gasteiger partial charge is 0.229 e. The third kappa shape index (κ3) is 3.13. The van der Waals surface area contributed by atoms with Gasteiger partial charge in [0, 0.05) is 12.6 Å². The van der Waals surface area contributed by atoms with Gasteiger partial charge < -0.3 is 10.2 Å². The van der Waals surface area contributed by atoms with Gasteiger partial charge in [0.05, 0.1) is 5.41 Å². The Morgan fingerprint density at radius 3 is 2.48 bits per heavy atom. The lowest BCUT2D eigenvalue weighted by molar-refractivity contribution is -0.145. The first kappa shape index (κ1) is 14.6. The normalized spacial score (nSPS) is 21.0. The van der Waals surface area contributed by atoms with Crippen LogP contribution in [0.4, 0.5) is 0 Å². The fourth-order valence-corrected chi connectivity index (χ4v) is 3.46. The van der Waals surface area contributed by atoms with E-state index >= 15 is 0 Å². The minimum Gasteiger partial charge on any atom is -0.335 e. The van der Waals surface area contributed by atoms with Crippen molar-refractivity contribution < 1.29 is 4.79 Å². The third-order valence-electron chi connectivity index (χ3n) is 5.14. The quantitative estimate of drug-likeness (QED) is 0.902. The van der Waals surface area contributed by atoms with Crippen molar-refractivity contribution in [3.05, 3.63) is 35.9 Å². The number of amides is 1. The van der Waals surface area contributed by atoms with E-state index in [4.69, 9.17) is 0 Å². The molecule has 2 fully saturated rings. The summed E-state index contributed by atoms with van der Waals surface area (Å²) < 4.78 is 0. The maximum atomic E-state index is 13.2. The first-order chi connectivity index (χ1) is 10.2. The average molecular weight is 286 g/mol. The molecule has 1 aromatic carbocycles. The van der Waals surface area contributed by atoms with E-state index in [1.165, 1.54) is 18.4 Å². The fourth-order valence-electron chi connectivity index (χ4n) is 3.46. The summed E-state index contributed by atoms with van der Waals surface area (Å²) >= 11 is 0. The van der Waals surface area contributed by atoms with Crippen molar-refractivity contribution in [3.8, 4) is 0 Å². The van der Waals surface area contributed by atoms with Gasteiger partial charge in [0.15, 0.2) is 0 Å². The number of benzene rings is 1. The van der Waals surface area contributed by atoms with Gasteiger partial charge in [0.1, 0.15) is 0 Å². The highest BCUT2D eigenvalue weighted by molar-refractivity contribution is 5.83. The zero-order valence-corrected chi connectivity index (χ0v) is 13.0. The van der Waals surface area contributed by atoms with E-state index in [-0.39, 0.29) is 5.41 Å². The highest BCUT2D eigenvalue weighted by Crippen LogP contribution is 2.39. The minimum atomic E-state index is -0.122. The van der Waals surface area contributed by atoms with Crippen LogP contribution in [0, 0.1) is 5.41 Å². The summed E-state index contributed by atoms with van der Waals surface area (Å²) in [5, 5.41) is 3.39. The Bertz CT molecular complexity index is 475. The molecule has 1 heterocycles. The Hall–Kier alpha value is -1.35. The largest absolute Gasteiger partial charge is 0.335 e. The van der Waals surface area contributed by atoms with Crippen molar-refractivity contribution in [1.82, 2.24) is 10.2 Å². The van der Waals surface area contributed by atoms with Crippen LogP contribution in [0.3, 0.4) is 0 Å². The van der Waals surface area contributed by atoms with E-state index in [1.807, 2.05) is 6.07 Å². The van der Waals surface area contributed by atoms with E-state index in [2.05, 4.69) is 41.4 Å². The van der Waals surface area contributed by atoms with Gasteiger partial charge in [0.2, 0.25) is 5.91 Å². The lowest BCUT2D eigenvalue weighted by atomic mass is 9.75. The molecule has 1 aliphatic heterocycles. The van der Waals surface area contributed by atoms with Gasteiger partial charge in [-0.05, 0) is 50.8 Å². The van der Waals surface area contributed by atoms with Crippen LogP contribution in [0.15, 0.2) is 30.3 Å². The molecule has 0 spiro atoms. The fraction of sp³-hybridized carbons (Fsp3) is 0.611. The Morgan fingerprint density at radius 2 is 1.90 bits per heavy atom. The van der Waals surface area contributed by atoms with Crippen LogP contribution in [0.5, 0.6) is 0 Å². The highest BCUT2D eigenvalue weighted by atomic mass is 16.2. The number of hydrogen-bond donors (Lipinski definition) is 1. The lowest BCUT2D eigenvalue weighted by Gasteiger charge is -2.40. The average Bonchev–Trinajstić information content (AvgIpc) is 3.38. The Balaban J connectivity index is 1.78. The standard InChI is InChI=1S/C18H26N2O/c1-2-18(10-12-19-13-11-18)17(21)20(16-8-9-16)14-15-6-4-3-5-7-15/h3-7,16,19H,2,8-14H2,1H3. The summed E-state index contributed by atoms with van der Waals surface area (Å²) in [6, 6.07) is 10.9. The molecule has 21 heavy (non-hydrogen) atoms. The van der Waals surface area contributed by atoms with Crippen LogP contribution in [-0.2, 0) is 11.3 Å². The van der Waals surface area contributed by atoms with Gasteiger partial charge in [-0.15, -0.1) is 0 Å². The predicted molar refractivity (Wildman–Crippen MR) is 84.8 cm³/mol. The van der Waals surface area contributed by atoms with Crippen LogP contribution in [0.25, 0.3) is 0 Å². The molecule has 0 aromatic heterocycles. The van der Waals surface area contributed by atoms with Gasteiger partial charge in [-0.2, -0.15) is 0 Å². The first-order valence-corrected chi connectivity index (χ1v) is 8.31. The van der Waals surface area contributed by atoms with E-state index in [1.54, 1.807) is 0 Å². The molecule has 1 aromatic rings. The van der Waals surface area contributed by atoms with Crippen molar-refractivity contribution in [1.29, 1.82) is 0 Å². The molecule has 1 N–H and O–H groups in total. The summed E-state index contributed by atoms with van der Waals surface area (Å²) in [5.74, 6) is 0.401. The Labute approximate surface area is 127 Å². The van der Waals surface area contributed by atoms with Gasteiger partial charge in [0.25, 0.3) is 0 Å². The maximum absolute atomic E-state index is 13.2. The molecule has 3 rings (SSSR count). The molecule has 1 aliphatic carbocycles. The third-order valence-corrected chi connectivity index (χ3v) is 5.14. The van der Waals surface area contributed by atoms with Gasteiger partial charge >= 0.3 is 0 Å². The van der Waals surface area contributed by atoms with Crippen LogP contribution in [0.1, 0.15) is 44.6 Å². The molecule has 1 saturated carbocycles. The summed E-state index contributed by atoms with van der Waals surface area (Å²) in [6.45, 7) is 4.91. The summed E-state index contributed by atoms with van der Waals surface area (Å²) in [4.78, 5) is 15.4. The van der Waals surface area contributed by atoms with E-state index in [0.717, 1.165) is 38.9 Å². The van der Waals surface area contributed by atoms with E-state index < -0.39 is 0 Å². The number of nitrogens with zero attached hydrogens (tertiary/aromatic N) is 1. The zero-order valence-electron chi connectivity index (χ0n) is 13.0. The second-order valence-electron chi connectivity index (χ2n) is 6.53. The molecule has 1 amide bonds. The number of piperidine rings is 1. The minimum absolute atomic E-state index is 0.122. The number of rotatable bonds is 5. The van der Waals surface area contributed by atoms with Gasteiger partial charge in [-0.25, -0.2) is 0 Å². The molecular formula is C18H26N2O. The van der Waals surface area contributed by atoms with Crippen LogP contribution in [0.2, 0.25) is 0 Å². The number of nitrogens with one attached hydrogen (secondary N) is 1. The molecule has 3 heteroatoms. The second-order valence-corrected chi connectivity index (χ2v) is 6.53. The number of carbonyl (C=O) groups excluding carboxylic acids is 1. The molecule has 0 radical (unpaired) electrons. The van der Waals surface area contributed by atoms with Crippen LogP contribution in [-0.4, -0.2) is 29.9 Å². The van der Waals surface area contributed by atoms with Gasteiger partial charge in [-0.3, -0.25) is 4.79 Å². The summed E-state index contributed by atoms with van der Waals surface area (Å²) in [5.41, 5.74) is 1.13. The molecular weight excluding hydrogens is 260 g/mol. The van der Waals surface area contributed by atoms with Gasteiger partial charge in [-0.1, -0.05) is 37.3 Å². The summed E-state index contributed by atoms with van der Waals surface area (Å²) in [6.07, 6.45) is 5.29. The molecule has 1 saturated heterocycles. The molecule has 0 bridgehead atoms.